The molecule has 4 aromatic rings. The summed E-state index contributed by atoms with van der Waals surface area (Å²) in [7, 11) is -2.81. The fourth-order valence-corrected chi connectivity index (χ4v) is 5.57. The summed E-state index contributed by atoms with van der Waals surface area (Å²) in [6, 6.07) is 25.0. The lowest BCUT2D eigenvalue weighted by Gasteiger charge is -2.30. The van der Waals surface area contributed by atoms with E-state index in [1.54, 1.807) is 54.6 Å². The van der Waals surface area contributed by atoms with Gasteiger partial charge in [-0.3, -0.25) is 9.10 Å². The number of benzene rings is 4. The predicted octanol–water partition coefficient (Wildman–Crippen LogP) is 5.30. The fourth-order valence-electron chi connectivity index (χ4n) is 4.05. The van der Waals surface area contributed by atoms with E-state index in [4.69, 9.17) is 21.1 Å². The van der Waals surface area contributed by atoms with E-state index in [0.29, 0.717) is 10.8 Å². The summed E-state index contributed by atoms with van der Waals surface area (Å²) >= 11 is 5.88. The van der Waals surface area contributed by atoms with Crippen molar-refractivity contribution in [3.05, 3.63) is 113 Å². The second-order valence-electron chi connectivity index (χ2n) is 8.25. The minimum atomic E-state index is -4.07. The molecule has 1 aliphatic heterocycles. The maximum atomic E-state index is 13.8. The number of rotatable bonds is 6. The molecule has 0 radical (unpaired) electrons. The third kappa shape index (κ3) is 4.69. The molecule has 1 heterocycles. The second kappa shape index (κ2) is 9.72. The SMILES string of the molecule is CN1C(C(=O)c2ccc3ccccc3c2)=C(OC(=O)COc2ccc(Cl)cc2)c2ccccc2S1(=O)=O. The number of sulfonamides is 1. The zero-order valence-electron chi connectivity index (χ0n) is 19.6. The van der Waals surface area contributed by atoms with Crippen molar-refractivity contribution >= 4 is 49.9 Å². The Hall–Kier alpha value is -4.14. The molecule has 0 atom stereocenters. The molecule has 5 rings (SSSR count). The van der Waals surface area contributed by atoms with Gasteiger partial charge in [0.05, 0.1) is 4.90 Å². The molecule has 0 fully saturated rings. The summed E-state index contributed by atoms with van der Waals surface area (Å²) in [4.78, 5) is 26.5. The normalized spacial score (nSPS) is 14.3. The Morgan fingerprint density at radius 1 is 0.865 bits per heavy atom. The first-order valence-corrected chi connectivity index (χ1v) is 13.0. The van der Waals surface area contributed by atoms with Crippen LogP contribution in [0, 0.1) is 0 Å². The van der Waals surface area contributed by atoms with Gasteiger partial charge in [0, 0.05) is 23.2 Å². The predicted molar refractivity (Wildman–Crippen MR) is 140 cm³/mol. The molecule has 0 N–H and O–H groups in total. The van der Waals surface area contributed by atoms with Gasteiger partial charge in [-0.25, -0.2) is 13.2 Å². The van der Waals surface area contributed by atoms with Crippen LogP contribution in [0.5, 0.6) is 5.75 Å². The first kappa shape index (κ1) is 24.5. The minimum absolute atomic E-state index is 0.0750. The largest absolute Gasteiger partial charge is 0.482 e. The van der Waals surface area contributed by atoms with E-state index < -0.39 is 28.4 Å². The van der Waals surface area contributed by atoms with Crippen LogP contribution in [0.25, 0.3) is 16.5 Å². The molecule has 0 spiro atoms. The molecule has 0 amide bonds. The van der Waals surface area contributed by atoms with Crippen molar-refractivity contribution in [1.82, 2.24) is 4.31 Å². The summed E-state index contributed by atoms with van der Waals surface area (Å²) in [6.07, 6.45) is 0. The molecule has 186 valence electrons. The van der Waals surface area contributed by atoms with E-state index in [-0.39, 0.29) is 27.5 Å². The first-order chi connectivity index (χ1) is 17.8. The number of hydrogen-bond donors (Lipinski definition) is 0. The lowest BCUT2D eigenvalue weighted by molar-refractivity contribution is -0.139. The number of fused-ring (bicyclic) bond motifs is 2. The average molecular weight is 534 g/mol. The van der Waals surface area contributed by atoms with Gasteiger partial charge in [0.1, 0.15) is 11.4 Å². The maximum Gasteiger partial charge on any atom is 0.349 e. The average Bonchev–Trinajstić information content (AvgIpc) is 2.91. The first-order valence-electron chi connectivity index (χ1n) is 11.2. The molecule has 0 saturated carbocycles. The van der Waals surface area contributed by atoms with Crippen LogP contribution in [0.4, 0.5) is 0 Å². The monoisotopic (exact) mass is 533 g/mol. The third-order valence-electron chi connectivity index (χ3n) is 5.91. The van der Waals surface area contributed by atoms with Crippen molar-refractivity contribution in [3.8, 4) is 5.75 Å². The van der Waals surface area contributed by atoms with Gasteiger partial charge in [-0.1, -0.05) is 60.1 Å². The van der Waals surface area contributed by atoms with Crippen molar-refractivity contribution in [3.63, 3.8) is 0 Å². The zero-order valence-corrected chi connectivity index (χ0v) is 21.1. The lowest BCUT2D eigenvalue weighted by atomic mass is 10.0. The van der Waals surface area contributed by atoms with Gasteiger partial charge >= 0.3 is 5.97 Å². The number of carbonyl (C=O) groups excluding carboxylic acids is 2. The molecule has 37 heavy (non-hydrogen) atoms. The quantitative estimate of drug-likeness (QED) is 0.247. The molecule has 0 unspecified atom stereocenters. The van der Waals surface area contributed by atoms with E-state index in [1.807, 2.05) is 24.3 Å². The topological polar surface area (TPSA) is 90.0 Å². The highest BCUT2D eigenvalue weighted by molar-refractivity contribution is 7.89. The lowest BCUT2D eigenvalue weighted by Crippen LogP contribution is -2.36. The molecule has 0 saturated heterocycles. The van der Waals surface area contributed by atoms with Gasteiger partial charge in [-0.15, -0.1) is 0 Å². The summed E-state index contributed by atoms with van der Waals surface area (Å²) < 4.78 is 38.6. The molecule has 0 aromatic heterocycles. The zero-order chi connectivity index (χ0) is 26.2. The molecule has 4 aromatic carbocycles. The Morgan fingerprint density at radius 2 is 1.54 bits per heavy atom. The summed E-state index contributed by atoms with van der Waals surface area (Å²) in [5, 5.41) is 2.25. The number of likely N-dealkylation sites (N-methyl/N-ethyl adjacent to an activating group) is 1. The van der Waals surface area contributed by atoms with Crippen LogP contribution in [0.15, 0.2) is 102 Å². The van der Waals surface area contributed by atoms with Gasteiger partial charge in [0.15, 0.2) is 12.4 Å². The molecule has 7 nitrogen and oxygen atoms in total. The number of ether oxygens (including phenoxy) is 2. The van der Waals surface area contributed by atoms with E-state index in [2.05, 4.69) is 0 Å². The Kier molecular flexibility index (Phi) is 6.45. The Morgan fingerprint density at radius 3 is 2.30 bits per heavy atom. The van der Waals surface area contributed by atoms with E-state index >= 15 is 0 Å². The number of ketones is 1. The van der Waals surface area contributed by atoms with Crippen LogP contribution in [-0.2, 0) is 19.6 Å². The number of carbonyl (C=O) groups is 2. The minimum Gasteiger partial charge on any atom is -0.482 e. The van der Waals surface area contributed by atoms with Crippen LogP contribution in [-0.4, -0.2) is 38.1 Å². The Labute approximate surface area is 218 Å². The van der Waals surface area contributed by atoms with Crippen LogP contribution < -0.4 is 4.74 Å². The number of halogens is 1. The number of allylic oxidation sites excluding steroid dienone is 1. The van der Waals surface area contributed by atoms with Crippen molar-refractivity contribution < 1.29 is 27.5 Å². The van der Waals surface area contributed by atoms with Crippen molar-refractivity contribution in [2.24, 2.45) is 0 Å². The van der Waals surface area contributed by atoms with E-state index in [0.717, 1.165) is 15.1 Å². The van der Waals surface area contributed by atoms with Crippen LogP contribution in [0.1, 0.15) is 15.9 Å². The van der Waals surface area contributed by atoms with Crippen LogP contribution in [0.2, 0.25) is 5.02 Å². The Balaban J connectivity index is 1.56. The summed E-state index contributed by atoms with van der Waals surface area (Å²) in [6.45, 7) is -0.471. The van der Waals surface area contributed by atoms with Crippen LogP contribution >= 0.6 is 11.6 Å². The van der Waals surface area contributed by atoms with E-state index in [1.165, 1.54) is 19.2 Å². The standard InChI is InChI=1S/C28H20ClNO6S/c1-30-26(27(32)20-11-10-18-6-2-3-7-19(18)16-20)28(23-8-4-5-9-24(23)37(30,33)34)36-25(31)17-35-22-14-12-21(29)13-15-22/h2-16H,17H2,1H3. The van der Waals surface area contributed by atoms with Crippen molar-refractivity contribution in [2.75, 3.05) is 13.7 Å². The van der Waals surface area contributed by atoms with E-state index in [9.17, 15) is 18.0 Å². The molecule has 1 aliphatic rings. The highest BCUT2D eigenvalue weighted by atomic mass is 35.5. The Bertz CT molecular complexity index is 1680. The summed E-state index contributed by atoms with van der Waals surface area (Å²) in [5.41, 5.74) is 0.0968. The summed E-state index contributed by atoms with van der Waals surface area (Å²) in [5.74, 6) is -1.17. The molecular weight excluding hydrogens is 514 g/mol. The molecule has 9 heteroatoms. The molecule has 0 aliphatic carbocycles. The highest BCUT2D eigenvalue weighted by Gasteiger charge is 2.39. The smallest absolute Gasteiger partial charge is 0.349 e. The molecule has 0 bridgehead atoms. The van der Waals surface area contributed by atoms with Gasteiger partial charge in [-0.2, -0.15) is 0 Å². The van der Waals surface area contributed by atoms with Gasteiger partial charge in [0.2, 0.25) is 5.78 Å². The van der Waals surface area contributed by atoms with Crippen molar-refractivity contribution in [1.29, 1.82) is 0 Å². The fraction of sp³-hybridized carbons (Fsp3) is 0.0714. The van der Waals surface area contributed by atoms with Gasteiger partial charge in [-0.05, 0) is 53.2 Å². The number of esters is 1. The van der Waals surface area contributed by atoms with Crippen LogP contribution in [0.3, 0.4) is 0 Å². The number of Topliss-reactive ketones (excluding diaryl/α,β-unsaturated/α-hetero) is 1. The highest BCUT2D eigenvalue weighted by Crippen LogP contribution is 2.38. The van der Waals surface area contributed by atoms with Crippen molar-refractivity contribution in [2.45, 2.75) is 4.90 Å². The maximum absolute atomic E-state index is 13.8. The second-order valence-corrected chi connectivity index (χ2v) is 10.6. The van der Waals surface area contributed by atoms with Gasteiger partial charge in [0.25, 0.3) is 10.0 Å². The molecular formula is C28H20ClNO6S. The number of hydrogen-bond acceptors (Lipinski definition) is 6. The third-order valence-corrected chi connectivity index (χ3v) is 7.98. The van der Waals surface area contributed by atoms with Gasteiger partial charge < -0.3 is 9.47 Å². The number of nitrogens with zero attached hydrogens (tertiary/aromatic N) is 1.